The molecule has 14 heteroatoms. The smallest absolute Gasteiger partial charge is 0.330 e. The molecule has 3 aliphatic rings. The van der Waals surface area contributed by atoms with Crippen molar-refractivity contribution in [2.45, 2.75) is 73.9 Å². The zero-order chi connectivity index (χ0) is 47.0. The van der Waals surface area contributed by atoms with Gasteiger partial charge in [-0.1, -0.05) is 35.4 Å². The first-order chi connectivity index (χ1) is 31.7. The molecule has 344 valence electrons. The van der Waals surface area contributed by atoms with E-state index in [1.165, 1.54) is 0 Å². The molecule has 8 rings (SSSR count). The topological polar surface area (TPSA) is 150 Å². The van der Waals surface area contributed by atoms with E-state index >= 15 is 0 Å². The lowest BCUT2D eigenvalue weighted by Crippen LogP contribution is -2.49. The fourth-order valence-electron chi connectivity index (χ4n) is 9.83. The minimum absolute atomic E-state index is 0.0730. The summed E-state index contributed by atoms with van der Waals surface area (Å²) in [6.07, 6.45) is 3.96. The molecular formula is C52H59N7O7. The lowest BCUT2D eigenvalue weighted by atomic mass is 9.76. The number of fused-ring (bicyclic) bond motifs is 6. The van der Waals surface area contributed by atoms with Gasteiger partial charge in [0.15, 0.2) is 23.0 Å². The van der Waals surface area contributed by atoms with Crippen molar-refractivity contribution in [1.82, 2.24) is 24.7 Å². The Labute approximate surface area is 385 Å². The van der Waals surface area contributed by atoms with Crippen molar-refractivity contribution in [3.05, 3.63) is 127 Å². The molecule has 1 atom stereocenters. The highest BCUT2D eigenvalue weighted by atomic mass is 16.5. The lowest BCUT2D eigenvalue weighted by molar-refractivity contribution is -0.130. The Morgan fingerprint density at radius 1 is 0.652 bits per heavy atom. The molecular weight excluding hydrogens is 835 g/mol. The van der Waals surface area contributed by atoms with Crippen molar-refractivity contribution in [2.75, 3.05) is 48.1 Å². The van der Waals surface area contributed by atoms with Gasteiger partial charge in [0.05, 0.1) is 51.4 Å². The molecule has 1 aliphatic carbocycles. The van der Waals surface area contributed by atoms with E-state index in [4.69, 9.17) is 28.9 Å². The summed E-state index contributed by atoms with van der Waals surface area (Å²) in [4.78, 5) is 54.4. The predicted octanol–water partition coefficient (Wildman–Crippen LogP) is 7.51. The Balaban J connectivity index is 1.04. The van der Waals surface area contributed by atoms with Crippen LogP contribution in [0.1, 0.15) is 56.5 Å². The summed E-state index contributed by atoms with van der Waals surface area (Å²) in [6, 6.07) is 17.7. The van der Waals surface area contributed by atoms with Gasteiger partial charge >= 0.3 is 11.7 Å². The highest BCUT2D eigenvalue weighted by Gasteiger charge is 2.39. The summed E-state index contributed by atoms with van der Waals surface area (Å²) in [5.74, 6) is 2.49. The standard InChI is InChI=1S/C52H59N7O7/c1-29-19-31(3)48(32(4)20-29)55-46-27-40-37(12-11-35-23-42(63-7)44(65-9)25-38(35)40)50(60)58(46)17-14-53-51(61)54-15-18-59-47(56-49-33(5)21-30(2)22-34(49)6)28-41-39-26-45(66-10)43(64-8)24-36(39)13-16-57(41)52(59)62/h19-28,37H,11-18H2,1-10H3,(H2,53,54,61). The number of nitrogens with one attached hydrogen (secondary N) is 2. The Morgan fingerprint density at radius 2 is 1.17 bits per heavy atom. The minimum atomic E-state index is -0.426. The van der Waals surface area contributed by atoms with E-state index in [2.05, 4.69) is 41.8 Å². The van der Waals surface area contributed by atoms with Gasteiger partial charge < -0.3 is 29.6 Å². The van der Waals surface area contributed by atoms with Crippen molar-refractivity contribution >= 4 is 34.7 Å². The van der Waals surface area contributed by atoms with Crippen LogP contribution in [0, 0.1) is 47.5 Å². The van der Waals surface area contributed by atoms with Gasteiger partial charge in [-0.2, -0.15) is 0 Å². The first-order valence-electron chi connectivity index (χ1n) is 22.4. The van der Waals surface area contributed by atoms with Gasteiger partial charge in [0.1, 0.15) is 11.3 Å². The van der Waals surface area contributed by atoms with Crippen LogP contribution in [0.3, 0.4) is 0 Å². The van der Waals surface area contributed by atoms with Crippen LogP contribution in [0.4, 0.5) is 16.2 Å². The van der Waals surface area contributed by atoms with Gasteiger partial charge in [0, 0.05) is 44.4 Å². The first-order valence-corrected chi connectivity index (χ1v) is 22.4. The third-order valence-corrected chi connectivity index (χ3v) is 12.9. The molecule has 1 aromatic heterocycles. The van der Waals surface area contributed by atoms with E-state index in [0.29, 0.717) is 60.1 Å². The number of aromatic nitrogens is 2. The second kappa shape index (κ2) is 18.8. The number of carbonyl (C=O) groups excluding carboxylic acids is 2. The molecule has 0 saturated heterocycles. The molecule has 0 fully saturated rings. The molecule has 1 unspecified atom stereocenters. The van der Waals surface area contributed by atoms with E-state index in [1.807, 2.05) is 71.0 Å². The number of rotatable bonds is 12. The summed E-state index contributed by atoms with van der Waals surface area (Å²) in [5, 5.41) is 5.89. The Morgan fingerprint density at radius 3 is 1.74 bits per heavy atom. The number of urea groups is 1. The van der Waals surface area contributed by atoms with Crippen LogP contribution in [-0.2, 0) is 30.7 Å². The number of nitrogens with zero attached hydrogens (tertiary/aromatic N) is 5. The molecule has 2 aliphatic heterocycles. The van der Waals surface area contributed by atoms with Crippen molar-refractivity contribution in [1.29, 1.82) is 0 Å². The number of amides is 3. The van der Waals surface area contributed by atoms with Gasteiger partial charge in [0.25, 0.3) is 0 Å². The summed E-state index contributed by atoms with van der Waals surface area (Å²) in [6.45, 7) is 13.3. The molecule has 3 heterocycles. The zero-order valence-corrected chi connectivity index (χ0v) is 39.6. The molecule has 4 aromatic carbocycles. The van der Waals surface area contributed by atoms with Crippen molar-refractivity contribution in [3.63, 3.8) is 0 Å². The van der Waals surface area contributed by atoms with E-state index in [1.54, 1.807) is 42.5 Å². The maximum atomic E-state index is 14.5. The summed E-state index contributed by atoms with van der Waals surface area (Å²) in [5.41, 5.74) is 13.6. The van der Waals surface area contributed by atoms with Crippen LogP contribution in [0.15, 0.2) is 75.5 Å². The summed E-state index contributed by atoms with van der Waals surface area (Å²) < 4.78 is 25.9. The van der Waals surface area contributed by atoms with Crippen LogP contribution in [0.5, 0.6) is 23.0 Å². The van der Waals surface area contributed by atoms with Gasteiger partial charge in [-0.25, -0.2) is 19.6 Å². The monoisotopic (exact) mass is 893 g/mol. The number of aliphatic imine (C=N–C) groups is 1. The van der Waals surface area contributed by atoms with Gasteiger partial charge in [-0.15, -0.1) is 0 Å². The normalized spacial score (nSPS) is 15.9. The van der Waals surface area contributed by atoms with E-state index in [0.717, 1.165) is 78.3 Å². The lowest BCUT2D eigenvalue weighted by Gasteiger charge is -2.37. The van der Waals surface area contributed by atoms with Crippen LogP contribution >= 0.6 is 0 Å². The van der Waals surface area contributed by atoms with Crippen LogP contribution in [-0.4, -0.2) is 79.9 Å². The number of amidine groups is 1. The third-order valence-electron chi connectivity index (χ3n) is 12.9. The number of carbonyl (C=O) groups is 2. The van der Waals surface area contributed by atoms with Gasteiger partial charge in [0.2, 0.25) is 5.91 Å². The fraction of sp³-hybridized carbons (Fsp3) is 0.365. The maximum Gasteiger partial charge on any atom is 0.330 e. The molecule has 14 nitrogen and oxygen atoms in total. The summed E-state index contributed by atoms with van der Waals surface area (Å²) >= 11 is 0. The maximum absolute atomic E-state index is 14.5. The third kappa shape index (κ3) is 8.71. The van der Waals surface area contributed by atoms with Crippen LogP contribution < -0.4 is 40.8 Å². The van der Waals surface area contributed by atoms with Crippen molar-refractivity contribution in [3.8, 4) is 34.3 Å². The summed E-state index contributed by atoms with van der Waals surface area (Å²) in [7, 11) is 6.43. The molecule has 0 radical (unpaired) electrons. The molecule has 0 bridgehead atoms. The highest BCUT2D eigenvalue weighted by molar-refractivity contribution is 6.17. The zero-order valence-electron chi connectivity index (χ0n) is 39.6. The van der Waals surface area contributed by atoms with E-state index < -0.39 is 6.03 Å². The number of aryl methyl sites for hydroxylation is 8. The Hall–Kier alpha value is -7.09. The molecule has 5 aromatic rings. The number of hydrogen-bond acceptors (Lipinski definition) is 9. The van der Waals surface area contributed by atoms with Crippen molar-refractivity contribution in [2.24, 2.45) is 15.9 Å². The van der Waals surface area contributed by atoms with Gasteiger partial charge in [-0.05, 0) is 136 Å². The first kappa shape index (κ1) is 45.5. The van der Waals surface area contributed by atoms with E-state index in [-0.39, 0.29) is 43.7 Å². The van der Waals surface area contributed by atoms with E-state index in [9.17, 15) is 14.4 Å². The second-order valence-electron chi connectivity index (χ2n) is 17.4. The Bertz CT molecular complexity index is 2930. The average molecular weight is 894 g/mol. The number of methoxy groups -OCH3 is 4. The second-order valence-corrected chi connectivity index (χ2v) is 17.4. The number of hydrogen-bond donors (Lipinski definition) is 2. The predicted molar refractivity (Wildman–Crippen MR) is 257 cm³/mol. The van der Waals surface area contributed by atoms with Gasteiger partial charge in [-0.3, -0.25) is 18.8 Å². The highest BCUT2D eigenvalue weighted by Crippen LogP contribution is 2.44. The molecule has 0 saturated carbocycles. The largest absolute Gasteiger partial charge is 0.493 e. The quantitative estimate of drug-likeness (QED) is 0.132. The minimum Gasteiger partial charge on any atom is -0.493 e. The SMILES string of the molecule is COc1cc2c(cc1OC)C1=CC(=Nc3c(C)cc(C)cc3C)N(CCNC(=O)NCCn3c(=Nc4c(C)cc(C)cc4C)cc4n(c3=O)CCc3cc(OC)c(OC)cc3-4)C(=O)C1CC2. The number of ether oxygens (including phenoxy) is 4. The molecule has 66 heavy (non-hydrogen) atoms. The Kier molecular flexibility index (Phi) is 12.9. The van der Waals surface area contributed by atoms with Crippen LogP contribution in [0.2, 0.25) is 0 Å². The molecule has 0 spiro atoms. The molecule has 2 N–H and O–H groups in total. The average Bonchev–Trinajstić information content (AvgIpc) is 3.29. The number of benzene rings is 4. The van der Waals surface area contributed by atoms with Crippen LogP contribution in [0.25, 0.3) is 16.8 Å². The molecule has 3 amide bonds. The van der Waals surface area contributed by atoms with Crippen molar-refractivity contribution < 1.29 is 28.5 Å². The fourth-order valence-corrected chi connectivity index (χ4v) is 9.83.